The van der Waals surface area contributed by atoms with Crippen LogP contribution < -0.4 is 20.1 Å². The molecule has 1 aliphatic rings. The van der Waals surface area contributed by atoms with Crippen molar-refractivity contribution >= 4 is 21.8 Å². The number of amides is 1. The highest BCUT2D eigenvalue weighted by atomic mass is 79.9. The van der Waals surface area contributed by atoms with E-state index in [-0.39, 0.29) is 18.1 Å². The SMILES string of the molecule is COc1cc(CNCCCN2CCOCC2)c(Br)cc1OCC(=O)NC(C)(C)C. The van der Waals surface area contributed by atoms with Crippen LogP contribution in [-0.4, -0.2) is 69.5 Å². The van der Waals surface area contributed by atoms with Crippen LogP contribution in [0.15, 0.2) is 16.6 Å². The highest BCUT2D eigenvalue weighted by Crippen LogP contribution is 2.33. The maximum atomic E-state index is 12.0. The molecular formula is C21H34BrN3O4. The van der Waals surface area contributed by atoms with Crippen LogP contribution >= 0.6 is 15.9 Å². The number of benzene rings is 1. The van der Waals surface area contributed by atoms with Crippen molar-refractivity contribution in [3.8, 4) is 11.5 Å². The van der Waals surface area contributed by atoms with Gasteiger partial charge in [-0.05, 0) is 58.0 Å². The van der Waals surface area contributed by atoms with Crippen molar-refractivity contribution in [2.75, 3.05) is 53.1 Å². The highest BCUT2D eigenvalue weighted by Gasteiger charge is 2.16. The van der Waals surface area contributed by atoms with Crippen LogP contribution in [0, 0.1) is 0 Å². The summed E-state index contributed by atoms with van der Waals surface area (Å²) in [5.74, 6) is 0.989. The summed E-state index contributed by atoms with van der Waals surface area (Å²) in [6.45, 7) is 12.2. The molecule has 0 bridgehead atoms. The Balaban J connectivity index is 1.81. The number of carbonyl (C=O) groups excluding carboxylic acids is 1. The van der Waals surface area contributed by atoms with Gasteiger partial charge in [0.1, 0.15) is 0 Å². The van der Waals surface area contributed by atoms with Gasteiger partial charge >= 0.3 is 0 Å². The summed E-state index contributed by atoms with van der Waals surface area (Å²) in [5, 5.41) is 6.36. The molecule has 1 aromatic rings. The zero-order valence-electron chi connectivity index (χ0n) is 18.0. The van der Waals surface area contributed by atoms with Gasteiger partial charge in [-0.2, -0.15) is 0 Å². The fourth-order valence-corrected chi connectivity index (χ4v) is 3.52. The van der Waals surface area contributed by atoms with Gasteiger partial charge < -0.3 is 24.8 Å². The molecule has 0 aromatic heterocycles. The van der Waals surface area contributed by atoms with Gasteiger partial charge in [0.15, 0.2) is 18.1 Å². The van der Waals surface area contributed by atoms with Crippen LogP contribution in [0.5, 0.6) is 11.5 Å². The van der Waals surface area contributed by atoms with E-state index >= 15 is 0 Å². The molecule has 0 unspecified atom stereocenters. The molecule has 1 aliphatic heterocycles. The molecule has 2 rings (SSSR count). The van der Waals surface area contributed by atoms with Crippen molar-refractivity contribution < 1.29 is 19.0 Å². The lowest BCUT2D eigenvalue weighted by Crippen LogP contribution is -2.43. The number of ether oxygens (including phenoxy) is 3. The fraction of sp³-hybridized carbons (Fsp3) is 0.667. The largest absolute Gasteiger partial charge is 0.493 e. The number of morpholine rings is 1. The molecule has 29 heavy (non-hydrogen) atoms. The monoisotopic (exact) mass is 471 g/mol. The molecule has 0 radical (unpaired) electrons. The lowest BCUT2D eigenvalue weighted by Gasteiger charge is -2.26. The summed E-state index contributed by atoms with van der Waals surface area (Å²) >= 11 is 3.60. The van der Waals surface area contributed by atoms with Crippen molar-refractivity contribution in [2.45, 2.75) is 39.3 Å². The Kier molecular flexibility index (Phi) is 9.68. The molecule has 1 heterocycles. The average molecular weight is 472 g/mol. The molecule has 0 saturated carbocycles. The lowest BCUT2D eigenvalue weighted by atomic mass is 10.1. The van der Waals surface area contributed by atoms with Crippen molar-refractivity contribution in [1.82, 2.24) is 15.5 Å². The molecule has 0 spiro atoms. The van der Waals surface area contributed by atoms with Gasteiger partial charge in [-0.25, -0.2) is 0 Å². The van der Waals surface area contributed by atoms with Crippen molar-refractivity contribution in [1.29, 1.82) is 0 Å². The van der Waals surface area contributed by atoms with E-state index in [4.69, 9.17) is 14.2 Å². The van der Waals surface area contributed by atoms with Crippen LogP contribution in [0.1, 0.15) is 32.8 Å². The van der Waals surface area contributed by atoms with Gasteiger partial charge in [0.25, 0.3) is 5.91 Å². The summed E-state index contributed by atoms with van der Waals surface area (Å²) in [6.07, 6.45) is 1.10. The van der Waals surface area contributed by atoms with E-state index in [0.717, 1.165) is 62.4 Å². The van der Waals surface area contributed by atoms with E-state index in [2.05, 4.69) is 31.5 Å². The molecule has 1 saturated heterocycles. The van der Waals surface area contributed by atoms with Gasteiger partial charge in [-0.1, -0.05) is 15.9 Å². The van der Waals surface area contributed by atoms with Gasteiger partial charge in [0.05, 0.1) is 20.3 Å². The van der Waals surface area contributed by atoms with E-state index in [1.165, 1.54) is 0 Å². The quantitative estimate of drug-likeness (QED) is 0.510. The number of carbonyl (C=O) groups is 1. The Labute approximate surface area is 182 Å². The molecule has 1 amide bonds. The Bertz CT molecular complexity index is 658. The molecule has 1 aromatic carbocycles. The van der Waals surface area contributed by atoms with Gasteiger partial charge in [-0.3, -0.25) is 9.69 Å². The molecular weight excluding hydrogens is 438 g/mol. The number of hydrogen-bond acceptors (Lipinski definition) is 6. The Hall–Kier alpha value is -1.35. The fourth-order valence-electron chi connectivity index (χ4n) is 3.06. The second-order valence-corrected chi connectivity index (χ2v) is 9.02. The van der Waals surface area contributed by atoms with E-state index in [0.29, 0.717) is 11.5 Å². The maximum absolute atomic E-state index is 12.0. The second-order valence-electron chi connectivity index (χ2n) is 8.17. The minimum Gasteiger partial charge on any atom is -0.493 e. The van der Waals surface area contributed by atoms with E-state index in [9.17, 15) is 4.79 Å². The lowest BCUT2D eigenvalue weighted by molar-refractivity contribution is -0.124. The molecule has 0 atom stereocenters. The predicted molar refractivity (Wildman–Crippen MR) is 118 cm³/mol. The minimum absolute atomic E-state index is 0.0563. The summed E-state index contributed by atoms with van der Waals surface area (Å²) in [5.41, 5.74) is 0.794. The summed E-state index contributed by atoms with van der Waals surface area (Å²) < 4.78 is 17.4. The summed E-state index contributed by atoms with van der Waals surface area (Å²) in [4.78, 5) is 14.4. The summed E-state index contributed by atoms with van der Waals surface area (Å²) in [6, 6.07) is 3.80. The van der Waals surface area contributed by atoms with E-state index < -0.39 is 0 Å². The van der Waals surface area contributed by atoms with E-state index in [1.807, 2.05) is 32.9 Å². The topological polar surface area (TPSA) is 72.1 Å². The van der Waals surface area contributed by atoms with Crippen LogP contribution in [0.25, 0.3) is 0 Å². The standard InChI is InChI=1S/C21H34BrN3O4/c1-21(2,3)24-20(26)15-29-19-13-17(22)16(12-18(19)27-4)14-23-6-5-7-25-8-10-28-11-9-25/h12-13,23H,5-11,14-15H2,1-4H3,(H,24,26). The van der Waals surface area contributed by atoms with Crippen LogP contribution in [0.2, 0.25) is 0 Å². The molecule has 164 valence electrons. The predicted octanol–water partition coefficient (Wildman–Crippen LogP) is 2.56. The third kappa shape index (κ3) is 8.90. The Morgan fingerprint density at radius 3 is 2.62 bits per heavy atom. The molecule has 1 fully saturated rings. The first kappa shape index (κ1) is 23.9. The van der Waals surface area contributed by atoms with Crippen molar-refractivity contribution in [2.24, 2.45) is 0 Å². The minimum atomic E-state index is -0.289. The number of halogens is 1. The first-order valence-corrected chi connectivity index (χ1v) is 10.9. The van der Waals surface area contributed by atoms with Gasteiger partial charge in [0.2, 0.25) is 0 Å². The van der Waals surface area contributed by atoms with Crippen LogP contribution in [-0.2, 0) is 16.1 Å². The third-order valence-electron chi connectivity index (χ3n) is 4.45. The zero-order chi connectivity index (χ0) is 21.3. The number of nitrogens with one attached hydrogen (secondary N) is 2. The Morgan fingerprint density at radius 2 is 1.97 bits per heavy atom. The smallest absolute Gasteiger partial charge is 0.258 e. The average Bonchev–Trinajstić information content (AvgIpc) is 2.66. The number of hydrogen-bond donors (Lipinski definition) is 2. The number of nitrogens with zero attached hydrogens (tertiary/aromatic N) is 1. The summed E-state index contributed by atoms with van der Waals surface area (Å²) in [7, 11) is 1.60. The maximum Gasteiger partial charge on any atom is 0.258 e. The molecule has 0 aliphatic carbocycles. The van der Waals surface area contributed by atoms with Crippen molar-refractivity contribution in [3.05, 3.63) is 22.2 Å². The zero-order valence-corrected chi connectivity index (χ0v) is 19.6. The number of rotatable bonds is 10. The normalized spacial score (nSPS) is 15.2. The molecule has 2 N–H and O–H groups in total. The van der Waals surface area contributed by atoms with E-state index in [1.54, 1.807) is 7.11 Å². The van der Waals surface area contributed by atoms with Crippen molar-refractivity contribution in [3.63, 3.8) is 0 Å². The molecule has 8 heteroatoms. The Morgan fingerprint density at radius 1 is 1.24 bits per heavy atom. The van der Waals surface area contributed by atoms with Gasteiger partial charge in [-0.15, -0.1) is 0 Å². The molecule has 7 nitrogen and oxygen atoms in total. The van der Waals surface area contributed by atoms with Crippen LogP contribution in [0.3, 0.4) is 0 Å². The van der Waals surface area contributed by atoms with Crippen LogP contribution in [0.4, 0.5) is 0 Å². The number of methoxy groups -OCH3 is 1. The first-order valence-electron chi connectivity index (χ1n) is 10.1. The van der Waals surface area contributed by atoms with Gasteiger partial charge in [0, 0.05) is 29.6 Å². The second kappa shape index (κ2) is 11.7. The first-order chi connectivity index (χ1) is 13.8. The third-order valence-corrected chi connectivity index (χ3v) is 5.19. The highest BCUT2D eigenvalue weighted by molar-refractivity contribution is 9.10.